The molecule has 0 aliphatic heterocycles. The third-order valence-corrected chi connectivity index (χ3v) is 16.7. The zero-order valence-electron chi connectivity index (χ0n) is 32.8. The molecule has 7 nitrogen and oxygen atoms in total. The first kappa shape index (κ1) is 37.6. The standard InChI is InChI=1S/C44H69NO6/c1-29(2)33-14-13-30(3)25-35(33)51-39(48)45(23-10-24-50-6)28-43(49)20-17-37-41(43,5)19-16-36-40(4)18-15-32(46)26-42(40)21-22-44(36,37)34(27-42)38(47)31-11-8-7-9-12-31/h21-22,27,29-33,35-37,46,49H,7-20,23-26,28H2,1-6H3/t30-,32?,33+,35-,36+,37+,40+,41-,42-,43+,44+/m0/s1. The van der Waals surface area contributed by atoms with E-state index < -0.39 is 16.4 Å². The highest BCUT2D eigenvalue weighted by Gasteiger charge is 2.74. The van der Waals surface area contributed by atoms with Crippen LogP contribution in [0.1, 0.15) is 137 Å². The fourth-order valence-corrected chi connectivity index (χ4v) is 13.6. The molecule has 7 heteroatoms. The minimum atomic E-state index is -1.11. The monoisotopic (exact) mass is 708 g/mol. The molecular weight excluding hydrogens is 638 g/mol. The number of nitrogens with zero attached hydrogens (tertiary/aromatic N) is 1. The van der Waals surface area contributed by atoms with Crippen LogP contribution in [0.2, 0.25) is 0 Å². The first-order valence-corrected chi connectivity index (χ1v) is 21.1. The maximum Gasteiger partial charge on any atom is 0.410 e. The van der Waals surface area contributed by atoms with E-state index in [4.69, 9.17) is 9.47 Å². The molecule has 8 aliphatic rings. The van der Waals surface area contributed by atoms with Crippen molar-refractivity contribution in [3.8, 4) is 0 Å². The molecule has 0 aromatic rings. The van der Waals surface area contributed by atoms with Crippen molar-refractivity contribution in [1.29, 1.82) is 0 Å². The maximum absolute atomic E-state index is 14.9. The second-order valence-corrected chi connectivity index (χ2v) is 19.5. The highest BCUT2D eigenvalue weighted by Crippen LogP contribution is 2.78. The Hall–Kier alpha value is -1.70. The molecular formula is C44H69NO6. The van der Waals surface area contributed by atoms with Crippen LogP contribution in [0.5, 0.6) is 0 Å². The zero-order valence-corrected chi connectivity index (χ0v) is 32.8. The summed E-state index contributed by atoms with van der Waals surface area (Å²) in [6.45, 7) is 12.7. The van der Waals surface area contributed by atoms with Crippen LogP contribution in [0.15, 0.2) is 23.8 Å². The van der Waals surface area contributed by atoms with E-state index in [1.54, 1.807) is 7.11 Å². The molecule has 2 bridgehead atoms. The number of carbonyl (C=O) groups is 2. The van der Waals surface area contributed by atoms with Crippen LogP contribution in [-0.2, 0) is 14.3 Å². The molecule has 286 valence electrons. The Kier molecular flexibility index (Phi) is 10.2. The third-order valence-electron chi connectivity index (χ3n) is 16.7. The van der Waals surface area contributed by atoms with Gasteiger partial charge in [0.1, 0.15) is 6.10 Å². The van der Waals surface area contributed by atoms with E-state index in [0.29, 0.717) is 61.9 Å². The zero-order chi connectivity index (χ0) is 36.4. The highest BCUT2D eigenvalue weighted by atomic mass is 16.6. The minimum Gasteiger partial charge on any atom is -0.446 e. The summed E-state index contributed by atoms with van der Waals surface area (Å²) in [7, 11) is 1.69. The number of carbonyl (C=O) groups excluding carboxylic acids is 2. The number of amides is 1. The van der Waals surface area contributed by atoms with E-state index in [9.17, 15) is 19.8 Å². The SMILES string of the molecule is COCCCN(C[C@]1(O)CC[C@H]2[C@]34C=C[C@@]5(C=C3C(=O)C3CCCCC3)CC(O)CC[C@]5(C)[C@H]4CC[C@@]21C)C(=O)O[C@H]1C[C@@H](C)CC[C@@H]1C(C)C. The molecule has 0 aromatic carbocycles. The van der Waals surface area contributed by atoms with Gasteiger partial charge in [-0.05, 0) is 112 Å². The van der Waals surface area contributed by atoms with Gasteiger partial charge in [-0.2, -0.15) is 0 Å². The third kappa shape index (κ3) is 5.92. The molecule has 0 aromatic heterocycles. The van der Waals surface area contributed by atoms with Gasteiger partial charge >= 0.3 is 6.09 Å². The van der Waals surface area contributed by atoms with Crippen LogP contribution in [0, 0.1) is 57.2 Å². The number of ketones is 1. The second kappa shape index (κ2) is 13.9. The summed E-state index contributed by atoms with van der Waals surface area (Å²) in [4.78, 5) is 30.9. The molecule has 0 heterocycles. The van der Waals surface area contributed by atoms with Gasteiger partial charge in [-0.25, -0.2) is 4.79 Å². The maximum atomic E-state index is 14.9. The van der Waals surface area contributed by atoms with Crippen LogP contribution >= 0.6 is 0 Å². The largest absolute Gasteiger partial charge is 0.446 e. The van der Waals surface area contributed by atoms with E-state index in [1.165, 1.54) is 12.8 Å². The average molecular weight is 708 g/mol. The van der Waals surface area contributed by atoms with Gasteiger partial charge < -0.3 is 24.6 Å². The van der Waals surface area contributed by atoms with Gasteiger partial charge in [-0.1, -0.05) is 78.5 Å². The molecule has 1 amide bonds. The van der Waals surface area contributed by atoms with Crippen molar-refractivity contribution in [3.63, 3.8) is 0 Å². The Labute approximate surface area is 308 Å². The number of allylic oxidation sites excluding steroid dienone is 4. The number of aliphatic hydroxyl groups excluding tert-OH is 1. The summed E-state index contributed by atoms with van der Waals surface area (Å²) < 4.78 is 11.8. The molecule has 11 atom stereocenters. The van der Waals surface area contributed by atoms with E-state index in [2.05, 4.69) is 52.8 Å². The number of rotatable bonds is 10. The minimum absolute atomic E-state index is 0.0422. The lowest BCUT2D eigenvalue weighted by molar-refractivity contribution is -0.179. The van der Waals surface area contributed by atoms with Gasteiger partial charge in [0.25, 0.3) is 0 Å². The quantitative estimate of drug-likeness (QED) is 0.174. The van der Waals surface area contributed by atoms with Crippen LogP contribution in [0.25, 0.3) is 0 Å². The first-order valence-electron chi connectivity index (χ1n) is 21.1. The first-order chi connectivity index (χ1) is 24.2. The molecule has 51 heavy (non-hydrogen) atoms. The summed E-state index contributed by atoms with van der Waals surface area (Å²) in [6.07, 6.45) is 21.3. The number of Topliss-reactive ketones (excluding diaryl/α,β-unsaturated/α-hetero) is 1. The Bertz CT molecular complexity index is 1380. The van der Waals surface area contributed by atoms with Gasteiger partial charge in [0.15, 0.2) is 5.78 Å². The highest BCUT2D eigenvalue weighted by molar-refractivity contribution is 6.00. The summed E-state index contributed by atoms with van der Waals surface area (Å²) in [5.74, 6) is 2.11. The van der Waals surface area contributed by atoms with E-state index in [1.807, 2.05) is 4.90 Å². The summed E-state index contributed by atoms with van der Waals surface area (Å²) in [5.41, 5.74) is -1.36. The molecule has 8 rings (SSSR count). The number of aliphatic hydroxyl groups is 2. The number of methoxy groups -OCH3 is 1. The number of ether oxygens (including phenoxy) is 2. The van der Waals surface area contributed by atoms with Crippen LogP contribution in [0.4, 0.5) is 4.79 Å². The average Bonchev–Trinajstić information content (AvgIpc) is 3.37. The molecule has 8 aliphatic carbocycles. The van der Waals surface area contributed by atoms with Crippen molar-refractivity contribution in [3.05, 3.63) is 23.8 Å². The summed E-state index contributed by atoms with van der Waals surface area (Å²) >= 11 is 0. The molecule has 0 saturated heterocycles. The normalized spacial score (nSPS) is 44.8. The smallest absolute Gasteiger partial charge is 0.410 e. The van der Waals surface area contributed by atoms with E-state index in [-0.39, 0.29) is 47.5 Å². The molecule has 5 fully saturated rings. The fraction of sp³-hybridized carbons (Fsp3) is 0.864. The molecule has 1 unspecified atom stereocenters. The number of fused-ring (bicyclic) bond motifs is 1. The molecule has 0 radical (unpaired) electrons. The van der Waals surface area contributed by atoms with Crippen LogP contribution in [0.3, 0.4) is 0 Å². The van der Waals surface area contributed by atoms with Crippen molar-refractivity contribution in [2.24, 2.45) is 57.2 Å². The number of hydrogen-bond acceptors (Lipinski definition) is 6. The van der Waals surface area contributed by atoms with Crippen molar-refractivity contribution in [2.75, 3.05) is 26.8 Å². The van der Waals surface area contributed by atoms with E-state index in [0.717, 1.165) is 76.2 Å². The Morgan fingerprint density at radius 2 is 1.65 bits per heavy atom. The van der Waals surface area contributed by atoms with Gasteiger partial charge in [-0.3, -0.25) is 4.79 Å². The van der Waals surface area contributed by atoms with Crippen molar-refractivity contribution >= 4 is 11.9 Å². The van der Waals surface area contributed by atoms with Crippen molar-refractivity contribution in [2.45, 2.75) is 155 Å². The van der Waals surface area contributed by atoms with Crippen LogP contribution < -0.4 is 0 Å². The lowest BCUT2D eigenvalue weighted by Crippen LogP contribution is -2.67. The number of hydrogen-bond donors (Lipinski definition) is 2. The predicted molar refractivity (Wildman–Crippen MR) is 200 cm³/mol. The van der Waals surface area contributed by atoms with Crippen LogP contribution in [-0.4, -0.2) is 71.6 Å². The lowest BCUT2D eigenvalue weighted by Gasteiger charge is -2.71. The topological polar surface area (TPSA) is 96.3 Å². The van der Waals surface area contributed by atoms with Gasteiger partial charge in [0.2, 0.25) is 0 Å². The van der Waals surface area contributed by atoms with Crippen molar-refractivity contribution < 1.29 is 29.3 Å². The second-order valence-electron chi connectivity index (χ2n) is 19.5. The lowest BCUT2D eigenvalue weighted by atomic mass is 9.32. The molecule has 5 saturated carbocycles. The van der Waals surface area contributed by atoms with Gasteiger partial charge in [-0.15, -0.1) is 0 Å². The van der Waals surface area contributed by atoms with Gasteiger partial charge in [0.05, 0.1) is 18.2 Å². The fourth-order valence-electron chi connectivity index (χ4n) is 13.6. The van der Waals surface area contributed by atoms with Crippen molar-refractivity contribution in [1.82, 2.24) is 4.90 Å². The summed E-state index contributed by atoms with van der Waals surface area (Å²) in [6, 6.07) is 0. The van der Waals surface area contributed by atoms with Gasteiger partial charge in [0, 0.05) is 48.0 Å². The Morgan fingerprint density at radius 1 is 0.941 bits per heavy atom. The molecule has 2 spiro atoms. The van der Waals surface area contributed by atoms with E-state index >= 15 is 0 Å². The Morgan fingerprint density at radius 3 is 2.37 bits per heavy atom. The summed E-state index contributed by atoms with van der Waals surface area (Å²) in [5, 5.41) is 24.1. The molecule has 2 N–H and O–H groups in total. The Balaban J connectivity index is 1.22. The predicted octanol–water partition coefficient (Wildman–Crippen LogP) is 8.66.